The van der Waals surface area contributed by atoms with Crippen LogP contribution < -0.4 is 4.74 Å². The number of ether oxygens (including phenoxy) is 2. The molecule has 0 radical (unpaired) electrons. The number of hydrogen-bond acceptors (Lipinski definition) is 3. The molecule has 0 atom stereocenters. The molecule has 0 heterocycles. The van der Waals surface area contributed by atoms with Crippen molar-refractivity contribution in [1.29, 1.82) is 0 Å². The number of aryl methyl sites for hydroxylation is 1. The van der Waals surface area contributed by atoms with Gasteiger partial charge < -0.3 is 9.47 Å². The van der Waals surface area contributed by atoms with Crippen LogP contribution in [0.2, 0.25) is 0 Å². The molecule has 0 N–H and O–H groups in total. The summed E-state index contributed by atoms with van der Waals surface area (Å²) >= 11 is 0. The van der Waals surface area contributed by atoms with E-state index in [0.717, 1.165) is 5.56 Å². The second-order valence-corrected chi connectivity index (χ2v) is 5.57. The van der Waals surface area contributed by atoms with E-state index in [-0.39, 0.29) is 5.41 Å². The van der Waals surface area contributed by atoms with Gasteiger partial charge in [-0.25, -0.2) is 4.79 Å². The van der Waals surface area contributed by atoms with Crippen LogP contribution in [0.3, 0.4) is 0 Å². The average Bonchev–Trinajstić information content (AvgIpc) is 2.57. The molecule has 0 aromatic heterocycles. The molecule has 2 aromatic rings. The molecule has 0 aliphatic carbocycles. The SMILES string of the molecule is CC.COC(=O)Oc1ccc(C(C)(C)c2ccc(C)cc2)cc1. The first-order valence-electron chi connectivity index (χ1n) is 7.87. The largest absolute Gasteiger partial charge is 0.513 e. The fourth-order valence-electron chi connectivity index (χ4n) is 2.21. The summed E-state index contributed by atoms with van der Waals surface area (Å²) in [7, 11) is 1.29. The molecule has 0 unspecified atom stereocenters. The molecule has 0 saturated carbocycles. The highest BCUT2D eigenvalue weighted by Gasteiger charge is 2.23. The Morgan fingerprint density at radius 2 is 1.30 bits per heavy atom. The summed E-state index contributed by atoms with van der Waals surface area (Å²) < 4.78 is 9.46. The van der Waals surface area contributed by atoms with Crippen molar-refractivity contribution in [2.24, 2.45) is 0 Å². The number of methoxy groups -OCH3 is 1. The van der Waals surface area contributed by atoms with Gasteiger partial charge in [-0.05, 0) is 30.2 Å². The summed E-state index contributed by atoms with van der Waals surface area (Å²) in [6, 6.07) is 16.0. The molecule has 0 spiro atoms. The third-order valence-corrected chi connectivity index (χ3v) is 3.72. The maximum atomic E-state index is 11.1. The predicted octanol–water partition coefficient (Wildman–Crippen LogP) is 5.49. The normalized spacial score (nSPS) is 10.3. The molecular weight excluding hydrogens is 288 g/mol. The lowest BCUT2D eigenvalue weighted by molar-refractivity contribution is 0.121. The van der Waals surface area contributed by atoms with Crippen LogP contribution in [0.15, 0.2) is 48.5 Å². The fourth-order valence-corrected chi connectivity index (χ4v) is 2.21. The van der Waals surface area contributed by atoms with Gasteiger partial charge in [-0.2, -0.15) is 0 Å². The van der Waals surface area contributed by atoms with Crippen molar-refractivity contribution < 1.29 is 14.3 Å². The Hall–Kier alpha value is -2.29. The molecule has 3 heteroatoms. The maximum absolute atomic E-state index is 11.1. The van der Waals surface area contributed by atoms with Gasteiger partial charge in [-0.3, -0.25) is 0 Å². The number of hydrogen-bond donors (Lipinski definition) is 0. The summed E-state index contributed by atoms with van der Waals surface area (Å²) in [4.78, 5) is 11.1. The molecule has 0 fully saturated rings. The third-order valence-electron chi connectivity index (χ3n) is 3.72. The van der Waals surface area contributed by atoms with Crippen molar-refractivity contribution >= 4 is 6.16 Å². The summed E-state index contributed by atoms with van der Waals surface area (Å²) in [5, 5.41) is 0. The molecule has 2 aromatic carbocycles. The van der Waals surface area contributed by atoms with Crippen molar-refractivity contribution in [3.8, 4) is 5.75 Å². The van der Waals surface area contributed by atoms with Gasteiger partial charge >= 0.3 is 6.16 Å². The summed E-state index contributed by atoms with van der Waals surface area (Å²) in [6.45, 7) is 10.4. The lowest BCUT2D eigenvalue weighted by Gasteiger charge is -2.26. The van der Waals surface area contributed by atoms with Crippen LogP contribution in [-0.4, -0.2) is 13.3 Å². The van der Waals surface area contributed by atoms with Crippen LogP contribution in [0.5, 0.6) is 5.75 Å². The fraction of sp³-hybridized carbons (Fsp3) is 0.350. The lowest BCUT2D eigenvalue weighted by Crippen LogP contribution is -2.18. The second-order valence-electron chi connectivity index (χ2n) is 5.57. The second kappa shape index (κ2) is 8.37. The molecule has 23 heavy (non-hydrogen) atoms. The van der Waals surface area contributed by atoms with Crippen LogP contribution >= 0.6 is 0 Å². The number of carbonyl (C=O) groups is 1. The summed E-state index contributed by atoms with van der Waals surface area (Å²) in [5.74, 6) is 0.477. The monoisotopic (exact) mass is 314 g/mol. The van der Waals surface area contributed by atoms with Crippen LogP contribution in [0.25, 0.3) is 0 Å². The van der Waals surface area contributed by atoms with Crippen LogP contribution in [0, 0.1) is 6.92 Å². The Morgan fingerprint density at radius 3 is 1.74 bits per heavy atom. The highest BCUT2D eigenvalue weighted by molar-refractivity contribution is 5.63. The molecule has 0 aliphatic rings. The quantitative estimate of drug-likeness (QED) is 0.555. The Kier molecular flexibility index (Phi) is 6.83. The van der Waals surface area contributed by atoms with Gasteiger partial charge in [-0.15, -0.1) is 0 Å². The van der Waals surface area contributed by atoms with Gasteiger partial charge in [0.2, 0.25) is 0 Å². The minimum atomic E-state index is -0.708. The van der Waals surface area contributed by atoms with E-state index in [1.807, 2.05) is 26.0 Å². The van der Waals surface area contributed by atoms with Crippen molar-refractivity contribution in [3.63, 3.8) is 0 Å². The number of carbonyl (C=O) groups excluding carboxylic acids is 1. The van der Waals surface area contributed by atoms with Crippen LogP contribution in [-0.2, 0) is 10.2 Å². The molecule has 0 amide bonds. The van der Waals surface area contributed by atoms with E-state index in [1.165, 1.54) is 18.2 Å². The highest BCUT2D eigenvalue weighted by Crippen LogP contribution is 2.32. The molecule has 2 rings (SSSR count). The van der Waals surface area contributed by atoms with Gasteiger partial charge in [0, 0.05) is 5.41 Å². The van der Waals surface area contributed by atoms with E-state index in [4.69, 9.17) is 4.74 Å². The first-order chi connectivity index (χ1) is 10.9. The Bertz CT molecular complexity index is 610. The third kappa shape index (κ3) is 4.85. The van der Waals surface area contributed by atoms with E-state index < -0.39 is 6.16 Å². The molecule has 0 aliphatic heterocycles. The van der Waals surface area contributed by atoms with E-state index in [9.17, 15) is 4.79 Å². The number of benzene rings is 2. The van der Waals surface area contributed by atoms with Gasteiger partial charge in [0.05, 0.1) is 7.11 Å². The van der Waals surface area contributed by atoms with Crippen LogP contribution in [0.1, 0.15) is 44.4 Å². The molecule has 3 nitrogen and oxygen atoms in total. The molecule has 0 bridgehead atoms. The standard InChI is InChI=1S/C18H20O3.C2H6/c1-13-5-7-14(8-6-13)18(2,3)15-9-11-16(12-10-15)21-17(19)20-4;1-2/h5-12H,1-4H3;1-2H3. The number of rotatable bonds is 3. The maximum Gasteiger partial charge on any atom is 0.513 e. The summed E-state index contributed by atoms with van der Waals surface area (Å²) in [5.41, 5.74) is 3.53. The average molecular weight is 314 g/mol. The van der Waals surface area contributed by atoms with Crippen molar-refractivity contribution in [2.75, 3.05) is 7.11 Å². The first kappa shape index (κ1) is 18.8. The Balaban J connectivity index is 0.00000127. The van der Waals surface area contributed by atoms with Gasteiger partial charge in [0.1, 0.15) is 5.75 Å². The molecule has 124 valence electrons. The lowest BCUT2D eigenvalue weighted by atomic mass is 9.78. The van der Waals surface area contributed by atoms with Gasteiger partial charge in [0.15, 0.2) is 0 Å². The summed E-state index contributed by atoms with van der Waals surface area (Å²) in [6.07, 6.45) is -0.708. The zero-order valence-corrected chi connectivity index (χ0v) is 14.8. The predicted molar refractivity (Wildman–Crippen MR) is 94.1 cm³/mol. The zero-order valence-electron chi connectivity index (χ0n) is 14.8. The Morgan fingerprint density at radius 1 is 0.870 bits per heavy atom. The van der Waals surface area contributed by atoms with Gasteiger partial charge in [-0.1, -0.05) is 69.7 Å². The van der Waals surface area contributed by atoms with Crippen LogP contribution in [0.4, 0.5) is 4.79 Å². The minimum absolute atomic E-state index is 0.114. The minimum Gasteiger partial charge on any atom is -0.437 e. The van der Waals surface area contributed by atoms with E-state index in [2.05, 4.69) is 49.8 Å². The first-order valence-corrected chi connectivity index (χ1v) is 7.87. The van der Waals surface area contributed by atoms with E-state index >= 15 is 0 Å². The zero-order chi connectivity index (χ0) is 17.5. The van der Waals surface area contributed by atoms with E-state index in [1.54, 1.807) is 12.1 Å². The molecule has 0 saturated heterocycles. The highest BCUT2D eigenvalue weighted by atomic mass is 16.7. The smallest absolute Gasteiger partial charge is 0.437 e. The van der Waals surface area contributed by atoms with Crippen molar-refractivity contribution in [1.82, 2.24) is 0 Å². The Labute approximate surface area is 139 Å². The topological polar surface area (TPSA) is 35.5 Å². The van der Waals surface area contributed by atoms with Gasteiger partial charge in [0.25, 0.3) is 0 Å². The van der Waals surface area contributed by atoms with E-state index in [0.29, 0.717) is 5.75 Å². The van der Waals surface area contributed by atoms with Crippen molar-refractivity contribution in [2.45, 2.75) is 40.0 Å². The molecular formula is C20H26O3. The van der Waals surface area contributed by atoms with Crippen molar-refractivity contribution in [3.05, 3.63) is 65.2 Å².